The van der Waals surface area contributed by atoms with Crippen molar-refractivity contribution in [1.82, 2.24) is 9.97 Å². The van der Waals surface area contributed by atoms with Gasteiger partial charge in [0, 0.05) is 5.56 Å². The summed E-state index contributed by atoms with van der Waals surface area (Å²) >= 11 is 0. The average molecular weight is 247 g/mol. The summed E-state index contributed by atoms with van der Waals surface area (Å²) in [7, 11) is 0. The molecule has 0 amide bonds. The van der Waals surface area contributed by atoms with E-state index in [9.17, 15) is 4.39 Å². The van der Waals surface area contributed by atoms with E-state index in [0.717, 1.165) is 18.4 Å². The second-order valence-electron chi connectivity index (χ2n) is 3.80. The Kier molecular flexibility index (Phi) is 3.72. The number of halogens is 1. The largest absolute Gasteiger partial charge is 0.494 e. The number of ether oxygens (including phenoxy) is 1. The molecule has 2 N–H and O–H groups in total. The van der Waals surface area contributed by atoms with E-state index in [4.69, 9.17) is 10.5 Å². The van der Waals surface area contributed by atoms with Crippen molar-refractivity contribution in [2.24, 2.45) is 0 Å². The number of hydrogen-bond acceptors (Lipinski definition) is 4. The Labute approximate surface area is 105 Å². The van der Waals surface area contributed by atoms with Crippen LogP contribution >= 0.6 is 0 Å². The fourth-order valence-electron chi connectivity index (χ4n) is 1.51. The molecule has 0 aliphatic carbocycles. The molecule has 4 nitrogen and oxygen atoms in total. The van der Waals surface area contributed by atoms with Crippen molar-refractivity contribution in [2.75, 3.05) is 12.3 Å². The van der Waals surface area contributed by atoms with E-state index in [1.165, 1.54) is 0 Å². The average Bonchev–Trinajstić information content (AvgIpc) is 2.40. The van der Waals surface area contributed by atoms with Crippen molar-refractivity contribution in [1.29, 1.82) is 0 Å². The minimum Gasteiger partial charge on any atom is -0.494 e. The summed E-state index contributed by atoms with van der Waals surface area (Å²) < 4.78 is 19.0. The molecule has 0 unspecified atom stereocenters. The van der Waals surface area contributed by atoms with E-state index >= 15 is 0 Å². The maximum atomic E-state index is 13.5. The third-order valence-electron chi connectivity index (χ3n) is 2.36. The van der Waals surface area contributed by atoms with Crippen molar-refractivity contribution in [3.8, 4) is 17.0 Å². The van der Waals surface area contributed by atoms with Crippen LogP contribution in [0.2, 0.25) is 0 Å². The van der Waals surface area contributed by atoms with Crippen LogP contribution in [0.1, 0.15) is 13.3 Å². The van der Waals surface area contributed by atoms with Crippen molar-refractivity contribution in [2.45, 2.75) is 13.3 Å². The molecule has 1 aromatic heterocycles. The third kappa shape index (κ3) is 2.74. The molecule has 0 bridgehead atoms. The molecular formula is C13H14FN3O. The van der Waals surface area contributed by atoms with E-state index in [0.29, 0.717) is 12.2 Å². The molecule has 1 aromatic carbocycles. The molecule has 18 heavy (non-hydrogen) atoms. The van der Waals surface area contributed by atoms with Crippen LogP contribution in [0.15, 0.2) is 30.5 Å². The van der Waals surface area contributed by atoms with Crippen molar-refractivity contribution >= 4 is 5.95 Å². The lowest BCUT2D eigenvalue weighted by molar-refractivity contribution is 0.317. The van der Waals surface area contributed by atoms with Crippen molar-refractivity contribution in [3.05, 3.63) is 36.3 Å². The van der Waals surface area contributed by atoms with Crippen LogP contribution in [0.5, 0.6) is 5.75 Å². The number of rotatable bonds is 4. The zero-order valence-corrected chi connectivity index (χ0v) is 10.1. The minimum atomic E-state index is -0.494. The van der Waals surface area contributed by atoms with E-state index < -0.39 is 5.82 Å². The van der Waals surface area contributed by atoms with Crippen LogP contribution in [0.4, 0.5) is 10.3 Å². The summed E-state index contributed by atoms with van der Waals surface area (Å²) in [5.41, 5.74) is 6.29. The lowest BCUT2D eigenvalue weighted by Gasteiger charge is -2.06. The van der Waals surface area contributed by atoms with Gasteiger partial charge in [-0.1, -0.05) is 6.92 Å². The summed E-state index contributed by atoms with van der Waals surface area (Å²) in [6, 6.07) is 7.05. The fraction of sp³-hybridized carbons (Fsp3) is 0.231. The van der Waals surface area contributed by atoms with Crippen LogP contribution in [0.25, 0.3) is 11.3 Å². The van der Waals surface area contributed by atoms with Gasteiger partial charge in [0.05, 0.1) is 12.8 Å². The zero-order chi connectivity index (χ0) is 13.0. The van der Waals surface area contributed by atoms with Crippen molar-refractivity contribution < 1.29 is 9.13 Å². The maximum absolute atomic E-state index is 13.5. The lowest BCUT2D eigenvalue weighted by atomic mass is 10.1. The summed E-state index contributed by atoms with van der Waals surface area (Å²) in [4.78, 5) is 7.48. The monoisotopic (exact) mass is 247 g/mol. The Balaban J connectivity index is 2.25. The molecule has 5 heteroatoms. The number of nitrogens with zero attached hydrogens (tertiary/aromatic N) is 2. The van der Waals surface area contributed by atoms with Gasteiger partial charge < -0.3 is 10.5 Å². The molecule has 0 atom stereocenters. The summed E-state index contributed by atoms with van der Waals surface area (Å²) in [5.74, 6) is 0.312. The first-order chi connectivity index (χ1) is 8.70. The first-order valence-corrected chi connectivity index (χ1v) is 5.72. The van der Waals surface area contributed by atoms with Gasteiger partial charge in [-0.2, -0.15) is 0 Å². The van der Waals surface area contributed by atoms with Gasteiger partial charge in [0.1, 0.15) is 11.4 Å². The van der Waals surface area contributed by atoms with Crippen molar-refractivity contribution in [3.63, 3.8) is 0 Å². The molecule has 0 saturated heterocycles. The Hall–Kier alpha value is -2.17. The van der Waals surface area contributed by atoms with Gasteiger partial charge in [-0.3, -0.25) is 0 Å². The van der Waals surface area contributed by atoms with Gasteiger partial charge in [-0.15, -0.1) is 0 Å². The van der Waals surface area contributed by atoms with Gasteiger partial charge in [0.25, 0.3) is 0 Å². The fourth-order valence-corrected chi connectivity index (χ4v) is 1.51. The summed E-state index contributed by atoms with van der Waals surface area (Å²) in [6.45, 7) is 2.70. The number of nitrogens with two attached hydrogens (primary N) is 1. The van der Waals surface area contributed by atoms with E-state index in [2.05, 4.69) is 9.97 Å². The van der Waals surface area contributed by atoms with Crippen LogP contribution < -0.4 is 10.5 Å². The Morgan fingerprint density at radius 1 is 1.28 bits per heavy atom. The highest BCUT2D eigenvalue weighted by Crippen LogP contribution is 2.23. The Bertz CT molecular complexity index is 528. The lowest BCUT2D eigenvalue weighted by Crippen LogP contribution is -1.99. The number of hydrogen-bond donors (Lipinski definition) is 1. The highest BCUT2D eigenvalue weighted by Gasteiger charge is 2.08. The molecule has 2 aromatic rings. The van der Waals surface area contributed by atoms with Crippen LogP contribution in [-0.4, -0.2) is 16.6 Å². The van der Waals surface area contributed by atoms with E-state index in [1.54, 1.807) is 24.3 Å². The number of nitrogen functional groups attached to an aromatic ring is 1. The standard InChI is InChI=1S/C13H14FN3O/c1-2-7-18-10-5-3-9(4-6-10)12-11(14)8-16-13(15)17-12/h3-6,8H,2,7H2,1H3,(H2,15,16,17). The van der Waals surface area contributed by atoms with Gasteiger partial charge in [-0.05, 0) is 30.7 Å². The molecular weight excluding hydrogens is 233 g/mol. The van der Waals surface area contributed by atoms with Crippen LogP contribution in [0, 0.1) is 5.82 Å². The molecule has 0 saturated carbocycles. The quantitative estimate of drug-likeness (QED) is 0.902. The SMILES string of the molecule is CCCOc1ccc(-c2nc(N)ncc2F)cc1. The predicted molar refractivity (Wildman–Crippen MR) is 67.6 cm³/mol. The first kappa shape index (κ1) is 12.3. The molecule has 0 radical (unpaired) electrons. The van der Waals surface area contributed by atoms with E-state index in [1.807, 2.05) is 6.92 Å². The maximum Gasteiger partial charge on any atom is 0.220 e. The normalized spacial score (nSPS) is 10.3. The highest BCUT2D eigenvalue weighted by atomic mass is 19.1. The van der Waals surface area contributed by atoms with Gasteiger partial charge >= 0.3 is 0 Å². The topological polar surface area (TPSA) is 61.0 Å². The molecule has 0 aliphatic heterocycles. The molecule has 2 rings (SSSR count). The zero-order valence-electron chi connectivity index (χ0n) is 10.1. The van der Waals surface area contributed by atoms with Crippen LogP contribution in [-0.2, 0) is 0 Å². The molecule has 1 heterocycles. The summed E-state index contributed by atoms with van der Waals surface area (Å²) in [6.07, 6.45) is 2.01. The second-order valence-corrected chi connectivity index (χ2v) is 3.80. The number of aromatic nitrogens is 2. The van der Waals surface area contributed by atoms with Gasteiger partial charge in [0.2, 0.25) is 5.95 Å². The smallest absolute Gasteiger partial charge is 0.220 e. The molecule has 94 valence electrons. The highest BCUT2D eigenvalue weighted by molar-refractivity contribution is 5.61. The van der Waals surface area contributed by atoms with Gasteiger partial charge in [-0.25, -0.2) is 14.4 Å². The predicted octanol–water partition coefficient (Wildman–Crippen LogP) is 2.65. The Morgan fingerprint density at radius 3 is 2.67 bits per heavy atom. The third-order valence-corrected chi connectivity index (χ3v) is 2.36. The molecule has 0 aliphatic rings. The van der Waals surface area contributed by atoms with Crippen LogP contribution in [0.3, 0.4) is 0 Å². The first-order valence-electron chi connectivity index (χ1n) is 5.72. The van der Waals surface area contributed by atoms with E-state index in [-0.39, 0.29) is 11.6 Å². The summed E-state index contributed by atoms with van der Waals surface area (Å²) in [5, 5.41) is 0. The Morgan fingerprint density at radius 2 is 2.00 bits per heavy atom. The second kappa shape index (κ2) is 5.44. The number of benzene rings is 1. The minimum absolute atomic E-state index is 0.0534. The van der Waals surface area contributed by atoms with Gasteiger partial charge in [0.15, 0.2) is 5.82 Å². The molecule has 0 fully saturated rings. The number of anilines is 1. The molecule has 0 spiro atoms.